The summed E-state index contributed by atoms with van der Waals surface area (Å²) in [5.74, 6) is 0.353. The van der Waals surface area contributed by atoms with Crippen molar-refractivity contribution >= 4 is 55.1 Å². The van der Waals surface area contributed by atoms with Crippen molar-refractivity contribution in [3.05, 3.63) is 68.1 Å². The van der Waals surface area contributed by atoms with Crippen LogP contribution in [0.25, 0.3) is 0 Å². The molecular formula is C15H12Br2Cl2. The van der Waals surface area contributed by atoms with E-state index in [0.717, 1.165) is 31.8 Å². The molecule has 1 unspecified atom stereocenters. The van der Waals surface area contributed by atoms with Gasteiger partial charge in [0.25, 0.3) is 0 Å². The highest BCUT2D eigenvalue weighted by atomic mass is 79.9. The van der Waals surface area contributed by atoms with Crippen LogP contribution in [0.5, 0.6) is 0 Å². The van der Waals surface area contributed by atoms with E-state index in [1.165, 1.54) is 5.56 Å². The Kier molecular flexibility index (Phi) is 5.76. The Morgan fingerprint density at radius 3 is 2.47 bits per heavy atom. The average Bonchev–Trinajstić information content (AvgIpc) is 2.41. The zero-order valence-corrected chi connectivity index (χ0v) is 14.7. The molecule has 0 saturated carbocycles. The summed E-state index contributed by atoms with van der Waals surface area (Å²) in [6.45, 7) is 0. The van der Waals surface area contributed by atoms with E-state index in [4.69, 9.17) is 23.2 Å². The molecule has 4 heteroatoms. The number of halogens is 4. The number of alkyl halides is 1. The first kappa shape index (κ1) is 15.4. The van der Waals surface area contributed by atoms with E-state index in [1.807, 2.05) is 24.3 Å². The van der Waals surface area contributed by atoms with Gasteiger partial charge in [0.1, 0.15) is 0 Å². The molecule has 1 atom stereocenters. The van der Waals surface area contributed by atoms with Gasteiger partial charge in [0.2, 0.25) is 0 Å². The van der Waals surface area contributed by atoms with Gasteiger partial charge in [-0.3, -0.25) is 0 Å². The van der Waals surface area contributed by atoms with Crippen molar-refractivity contribution in [3.8, 4) is 0 Å². The summed E-state index contributed by atoms with van der Waals surface area (Å²) in [5.41, 5.74) is 2.35. The van der Waals surface area contributed by atoms with Crippen LogP contribution in [-0.4, -0.2) is 5.33 Å². The van der Waals surface area contributed by atoms with Crippen LogP contribution in [0.4, 0.5) is 0 Å². The highest BCUT2D eigenvalue weighted by molar-refractivity contribution is 9.10. The summed E-state index contributed by atoms with van der Waals surface area (Å²) < 4.78 is 1.12. The normalized spacial score (nSPS) is 12.4. The molecule has 0 aliphatic heterocycles. The van der Waals surface area contributed by atoms with Gasteiger partial charge in [0.15, 0.2) is 0 Å². The van der Waals surface area contributed by atoms with Crippen molar-refractivity contribution in [2.24, 2.45) is 0 Å². The predicted molar refractivity (Wildman–Crippen MR) is 90.8 cm³/mol. The second-order valence-electron chi connectivity index (χ2n) is 4.31. The third kappa shape index (κ3) is 3.98. The van der Waals surface area contributed by atoms with Crippen molar-refractivity contribution < 1.29 is 0 Å². The quantitative estimate of drug-likeness (QED) is 0.495. The predicted octanol–water partition coefficient (Wildman–Crippen LogP) is 6.48. The van der Waals surface area contributed by atoms with Crippen LogP contribution in [0.3, 0.4) is 0 Å². The maximum Gasteiger partial charge on any atom is 0.0439 e. The highest BCUT2D eigenvalue weighted by Gasteiger charge is 2.15. The summed E-state index contributed by atoms with van der Waals surface area (Å²) in [6, 6.07) is 13.9. The molecule has 0 aromatic heterocycles. The Morgan fingerprint density at radius 2 is 1.79 bits per heavy atom. The van der Waals surface area contributed by atoms with Crippen LogP contribution < -0.4 is 0 Å². The first-order valence-corrected chi connectivity index (χ1v) is 8.53. The van der Waals surface area contributed by atoms with Gasteiger partial charge >= 0.3 is 0 Å². The van der Waals surface area contributed by atoms with Crippen molar-refractivity contribution in [1.29, 1.82) is 0 Å². The molecule has 0 radical (unpaired) electrons. The Morgan fingerprint density at radius 1 is 1.05 bits per heavy atom. The number of hydrogen-bond donors (Lipinski definition) is 0. The Hall–Kier alpha value is -0.0200. The number of rotatable bonds is 4. The summed E-state index contributed by atoms with van der Waals surface area (Å²) in [4.78, 5) is 0. The summed E-state index contributed by atoms with van der Waals surface area (Å²) in [7, 11) is 0. The third-order valence-corrected chi connectivity index (χ3v) is 5.11. The van der Waals surface area contributed by atoms with Gasteiger partial charge in [-0.25, -0.2) is 0 Å². The first-order chi connectivity index (χ1) is 9.11. The minimum absolute atomic E-state index is 0.353. The fourth-order valence-corrected chi connectivity index (χ4v) is 3.59. The molecular weight excluding hydrogens is 411 g/mol. The Balaban J connectivity index is 2.29. The maximum atomic E-state index is 6.24. The fraction of sp³-hybridized carbons (Fsp3) is 0.200. The van der Waals surface area contributed by atoms with Gasteiger partial charge in [0, 0.05) is 19.8 Å². The van der Waals surface area contributed by atoms with Crippen LogP contribution in [-0.2, 0) is 6.42 Å². The zero-order valence-electron chi connectivity index (χ0n) is 10.0. The molecule has 0 heterocycles. The second kappa shape index (κ2) is 7.12. The molecule has 0 N–H and O–H groups in total. The van der Waals surface area contributed by atoms with E-state index in [9.17, 15) is 0 Å². The van der Waals surface area contributed by atoms with Crippen molar-refractivity contribution in [2.45, 2.75) is 12.3 Å². The van der Waals surface area contributed by atoms with E-state index in [-0.39, 0.29) is 0 Å². The van der Waals surface area contributed by atoms with Gasteiger partial charge < -0.3 is 0 Å². The minimum Gasteiger partial charge on any atom is -0.0921 e. The van der Waals surface area contributed by atoms with Crippen LogP contribution in [0.2, 0.25) is 10.0 Å². The van der Waals surface area contributed by atoms with Crippen molar-refractivity contribution in [2.75, 3.05) is 5.33 Å². The summed E-state index contributed by atoms with van der Waals surface area (Å²) in [6.07, 6.45) is 0.854. The lowest BCUT2D eigenvalue weighted by atomic mass is 9.94. The average molecular weight is 423 g/mol. The SMILES string of the molecule is Clc1ccc(Cl)c(CC(CBr)c2ccccc2Br)c1. The van der Waals surface area contributed by atoms with Crippen LogP contribution in [0.15, 0.2) is 46.9 Å². The smallest absolute Gasteiger partial charge is 0.0439 e. The molecule has 0 bridgehead atoms. The van der Waals surface area contributed by atoms with Gasteiger partial charge in [-0.1, -0.05) is 73.3 Å². The summed E-state index contributed by atoms with van der Waals surface area (Å²) in [5, 5.41) is 2.36. The van der Waals surface area contributed by atoms with Crippen LogP contribution in [0, 0.1) is 0 Å². The molecule has 0 amide bonds. The van der Waals surface area contributed by atoms with Crippen molar-refractivity contribution in [3.63, 3.8) is 0 Å². The number of benzene rings is 2. The van der Waals surface area contributed by atoms with E-state index in [2.05, 4.69) is 50.1 Å². The summed E-state index contributed by atoms with van der Waals surface area (Å²) >= 11 is 19.5. The van der Waals surface area contributed by atoms with Gasteiger partial charge in [-0.15, -0.1) is 0 Å². The molecule has 0 aliphatic rings. The lowest BCUT2D eigenvalue weighted by molar-refractivity contribution is 0.772. The third-order valence-electron chi connectivity index (χ3n) is 3.01. The lowest BCUT2D eigenvalue weighted by Gasteiger charge is -2.17. The molecule has 0 aliphatic carbocycles. The standard InChI is InChI=1S/C15H12Br2Cl2/c16-9-11(13-3-1-2-4-14(13)17)7-10-8-12(18)5-6-15(10)19/h1-6,8,11H,7,9H2. The topological polar surface area (TPSA) is 0 Å². The molecule has 0 saturated heterocycles. The molecule has 2 aromatic rings. The molecule has 19 heavy (non-hydrogen) atoms. The molecule has 2 aromatic carbocycles. The number of hydrogen-bond acceptors (Lipinski definition) is 0. The monoisotopic (exact) mass is 420 g/mol. The van der Waals surface area contributed by atoms with E-state index < -0.39 is 0 Å². The largest absolute Gasteiger partial charge is 0.0921 e. The van der Waals surface area contributed by atoms with Gasteiger partial charge in [-0.05, 0) is 47.7 Å². The van der Waals surface area contributed by atoms with Crippen LogP contribution >= 0.6 is 55.1 Å². The van der Waals surface area contributed by atoms with Crippen molar-refractivity contribution in [1.82, 2.24) is 0 Å². The van der Waals surface area contributed by atoms with E-state index in [1.54, 1.807) is 0 Å². The second-order valence-corrected chi connectivity index (χ2v) is 6.66. The van der Waals surface area contributed by atoms with E-state index >= 15 is 0 Å². The fourth-order valence-electron chi connectivity index (χ4n) is 2.02. The van der Waals surface area contributed by atoms with Gasteiger partial charge in [-0.2, -0.15) is 0 Å². The maximum absolute atomic E-state index is 6.24. The molecule has 2 rings (SSSR count). The first-order valence-electron chi connectivity index (χ1n) is 5.86. The zero-order chi connectivity index (χ0) is 13.8. The Bertz CT molecular complexity index is 570. The minimum atomic E-state index is 0.353. The Labute approximate surface area is 140 Å². The van der Waals surface area contributed by atoms with Crippen LogP contribution in [0.1, 0.15) is 17.0 Å². The lowest BCUT2D eigenvalue weighted by Crippen LogP contribution is -2.05. The van der Waals surface area contributed by atoms with E-state index in [0.29, 0.717) is 5.92 Å². The molecule has 0 fully saturated rings. The highest BCUT2D eigenvalue weighted by Crippen LogP contribution is 2.32. The molecule has 0 spiro atoms. The van der Waals surface area contributed by atoms with Gasteiger partial charge in [0.05, 0.1) is 0 Å². The molecule has 0 nitrogen and oxygen atoms in total. The molecule has 100 valence electrons.